The number of anilines is 1. The second-order valence-electron chi connectivity index (χ2n) is 9.94. The third-order valence-corrected chi connectivity index (χ3v) is 9.66. The molecule has 0 saturated carbocycles. The first-order valence-corrected chi connectivity index (χ1v) is 16.0. The van der Waals surface area contributed by atoms with Crippen LogP contribution >= 0.6 is 11.8 Å². The number of carbonyl (C=O) groups is 2. The topological polar surface area (TPSA) is 126 Å². The second kappa shape index (κ2) is 13.4. The van der Waals surface area contributed by atoms with E-state index in [2.05, 4.69) is 20.8 Å². The van der Waals surface area contributed by atoms with Gasteiger partial charge in [0.15, 0.2) is 11.0 Å². The average molecular weight is 663 g/mol. The summed E-state index contributed by atoms with van der Waals surface area (Å²) in [6.07, 6.45) is -3.06. The number of benzene rings is 3. The van der Waals surface area contributed by atoms with Crippen LogP contribution in [0.2, 0.25) is 0 Å². The predicted octanol–water partition coefficient (Wildman–Crippen LogP) is 4.87. The Morgan fingerprint density at radius 3 is 2.29 bits per heavy atom. The van der Waals surface area contributed by atoms with Crippen LogP contribution in [0.3, 0.4) is 0 Å². The number of rotatable bonds is 10. The first-order chi connectivity index (χ1) is 21.4. The smallest absolute Gasteiger partial charge is 0.345 e. The predicted molar refractivity (Wildman–Crippen MR) is 158 cm³/mol. The Hall–Kier alpha value is -4.28. The van der Waals surface area contributed by atoms with E-state index in [1.165, 1.54) is 69.5 Å². The summed E-state index contributed by atoms with van der Waals surface area (Å²) >= 11 is 0.900. The van der Waals surface area contributed by atoms with E-state index < -0.39 is 39.4 Å². The lowest BCUT2D eigenvalue weighted by molar-refractivity contribution is -0.137. The van der Waals surface area contributed by atoms with Crippen molar-refractivity contribution >= 4 is 39.3 Å². The third kappa shape index (κ3) is 7.69. The minimum atomic E-state index is -4.63. The molecule has 45 heavy (non-hydrogen) atoms. The van der Waals surface area contributed by atoms with Crippen LogP contribution in [0.5, 0.6) is 0 Å². The van der Waals surface area contributed by atoms with Crippen LogP contribution < -0.4 is 10.6 Å². The summed E-state index contributed by atoms with van der Waals surface area (Å²) in [6.45, 7) is 0.630. The normalized spacial score (nSPS) is 14.0. The Morgan fingerprint density at radius 2 is 1.62 bits per heavy atom. The first-order valence-electron chi connectivity index (χ1n) is 13.6. The van der Waals surface area contributed by atoms with E-state index in [1.54, 1.807) is 0 Å². The van der Waals surface area contributed by atoms with Gasteiger partial charge < -0.3 is 10.6 Å². The largest absolute Gasteiger partial charge is 0.416 e. The van der Waals surface area contributed by atoms with Gasteiger partial charge in [0.25, 0.3) is 5.91 Å². The Balaban J connectivity index is 1.33. The monoisotopic (exact) mass is 662 g/mol. The molecule has 2 heterocycles. The molecule has 1 fully saturated rings. The summed E-state index contributed by atoms with van der Waals surface area (Å²) in [5, 5.41) is 13.4. The van der Waals surface area contributed by atoms with Crippen LogP contribution in [-0.2, 0) is 27.5 Å². The summed E-state index contributed by atoms with van der Waals surface area (Å²) in [7, 11) is -3.66. The molecule has 5 rings (SSSR count). The maximum Gasteiger partial charge on any atom is 0.416 e. The van der Waals surface area contributed by atoms with Crippen LogP contribution in [0.4, 0.5) is 23.2 Å². The number of amides is 2. The van der Waals surface area contributed by atoms with E-state index in [0.717, 1.165) is 36.7 Å². The molecule has 1 aliphatic heterocycles. The van der Waals surface area contributed by atoms with Crippen molar-refractivity contribution in [3.05, 3.63) is 95.6 Å². The van der Waals surface area contributed by atoms with Gasteiger partial charge in [0.1, 0.15) is 5.82 Å². The quantitative estimate of drug-likeness (QED) is 0.183. The van der Waals surface area contributed by atoms with E-state index in [9.17, 15) is 35.6 Å². The Kier molecular flexibility index (Phi) is 9.55. The van der Waals surface area contributed by atoms with Gasteiger partial charge in [-0.2, -0.15) is 17.5 Å². The van der Waals surface area contributed by atoms with Gasteiger partial charge in [-0.25, -0.2) is 12.8 Å². The molecule has 0 radical (unpaired) electrons. The Labute approximate surface area is 259 Å². The lowest BCUT2D eigenvalue weighted by Crippen LogP contribution is -2.28. The summed E-state index contributed by atoms with van der Waals surface area (Å²) in [4.78, 5) is 25.5. The molecule has 0 atom stereocenters. The van der Waals surface area contributed by atoms with E-state index in [1.807, 2.05) is 0 Å². The zero-order valence-corrected chi connectivity index (χ0v) is 25.1. The molecule has 2 N–H and O–H groups in total. The molecule has 1 saturated heterocycles. The van der Waals surface area contributed by atoms with Crippen LogP contribution in [0.1, 0.15) is 34.6 Å². The summed E-state index contributed by atoms with van der Waals surface area (Å²) < 4.78 is 82.0. The summed E-state index contributed by atoms with van der Waals surface area (Å²) in [6, 6.07) is 15.0. The van der Waals surface area contributed by atoms with Crippen molar-refractivity contribution < 1.29 is 35.6 Å². The number of nitrogens with one attached hydrogen (secondary N) is 2. The number of carbonyl (C=O) groups excluding carboxylic acids is 2. The van der Waals surface area contributed by atoms with E-state index in [-0.39, 0.29) is 39.4 Å². The molecular weight excluding hydrogens is 636 g/mol. The van der Waals surface area contributed by atoms with Crippen LogP contribution in [-0.4, -0.2) is 58.1 Å². The van der Waals surface area contributed by atoms with Crippen molar-refractivity contribution in [2.45, 2.75) is 35.6 Å². The Morgan fingerprint density at radius 1 is 0.933 bits per heavy atom. The molecule has 16 heteroatoms. The first kappa shape index (κ1) is 32.1. The molecule has 0 unspecified atom stereocenters. The van der Waals surface area contributed by atoms with Gasteiger partial charge in [0.2, 0.25) is 15.9 Å². The molecule has 3 aromatic carbocycles. The van der Waals surface area contributed by atoms with Gasteiger partial charge in [0, 0.05) is 24.3 Å². The second-order valence-corrected chi connectivity index (χ2v) is 12.8. The molecule has 0 aliphatic carbocycles. The van der Waals surface area contributed by atoms with Gasteiger partial charge in [-0.3, -0.25) is 14.2 Å². The summed E-state index contributed by atoms with van der Waals surface area (Å²) in [5.74, 6) is -1.65. The molecule has 0 bridgehead atoms. The van der Waals surface area contributed by atoms with Crippen molar-refractivity contribution in [2.24, 2.45) is 0 Å². The van der Waals surface area contributed by atoms with E-state index in [4.69, 9.17) is 0 Å². The lowest BCUT2D eigenvalue weighted by Gasteiger charge is -2.15. The van der Waals surface area contributed by atoms with Crippen molar-refractivity contribution in [2.75, 3.05) is 24.2 Å². The number of hydrogen-bond donors (Lipinski definition) is 2. The van der Waals surface area contributed by atoms with E-state index in [0.29, 0.717) is 18.8 Å². The molecule has 236 valence electrons. The molecule has 10 nitrogen and oxygen atoms in total. The number of aromatic nitrogens is 3. The maximum atomic E-state index is 13.5. The van der Waals surface area contributed by atoms with Crippen molar-refractivity contribution in [1.29, 1.82) is 0 Å². The molecular formula is C29H26F4N6O4S2. The van der Waals surface area contributed by atoms with Crippen LogP contribution in [0.25, 0.3) is 5.69 Å². The van der Waals surface area contributed by atoms with E-state index >= 15 is 0 Å². The number of thioether (sulfide) groups is 1. The fourth-order valence-corrected chi connectivity index (χ4v) is 6.85. The van der Waals surface area contributed by atoms with Gasteiger partial charge in [-0.15, -0.1) is 10.2 Å². The van der Waals surface area contributed by atoms with Crippen LogP contribution in [0.15, 0.2) is 82.8 Å². The Bertz CT molecular complexity index is 1790. The third-order valence-electron chi connectivity index (χ3n) is 6.82. The number of alkyl halides is 3. The van der Waals surface area contributed by atoms with Crippen molar-refractivity contribution in [3.8, 4) is 5.69 Å². The standard InChI is InChI=1S/C29H26F4N6O4S2/c30-21-8-10-22(11-9-21)35-26(40)18-44-28-37-36-25(39(28)23-5-3-4-20(16-23)29(31,32)33)17-34-27(41)19-6-12-24(13-7-19)45(42,43)38-14-1-2-15-38/h3-13,16H,1-2,14-15,17-18H2,(H,34,41)(H,35,40). The lowest BCUT2D eigenvalue weighted by atomic mass is 10.2. The fourth-order valence-electron chi connectivity index (χ4n) is 4.57. The average Bonchev–Trinajstić information content (AvgIpc) is 3.71. The fraction of sp³-hybridized carbons (Fsp3) is 0.241. The molecule has 1 aromatic heterocycles. The van der Waals surface area contributed by atoms with Gasteiger partial charge in [-0.05, 0) is 79.6 Å². The van der Waals surface area contributed by atoms with Gasteiger partial charge >= 0.3 is 6.18 Å². The number of hydrogen-bond acceptors (Lipinski definition) is 7. The number of sulfonamides is 1. The molecule has 2 amide bonds. The highest BCUT2D eigenvalue weighted by Crippen LogP contribution is 2.32. The zero-order valence-electron chi connectivity index (χ0n) is 23.4. The van der Waals surface area contributed by atoms with Crippen molar-refractivity contribution in [3.63, 3.8) is 0 Å². The molecule has 1 aliphatic rings. The molecule has 4 aromatic rings. The zero-order chi connectivity index (χ0) is 32.2. The minimum Gasteiger partial charge on any atom is -0.345 e. The summed E-state index contributed by atoms with van der Waals surface area (Å²) in [5.41, 5.74) is -0.353. The minimum absolute atomic E-state index is 0.0528. The highest BCUT2D eigenvalue weighted by molar-refractivity contribution is 7.99. The van der Waals surface area contributed by atoms with Gasteiger partial charge in [-0.1, -0.05) is 17.8 Å². The maximum absolute atomic E-state index is 13.5. The van der Waals surface area contributed by atoms with Gasteiger partial charge in [0.05, 0.1) is 28.4 Å². The SMILES string of the molecule is O=C(CSc1nnc(CNC(=O)c2ccc(S(=O)(=O)N3CCCC3)cc2)n1-c1cccc(C(F)(F)F)c1)Nc1ccc(F)cc1. The number of nitrogens with zero attached hydrogens (tertiary/aromatic N) is 4. The van der Waals surface area contributed by atoms with Crippen molar-refractivity contribution in [1.82, 2.24) is 24.4 Å². The highest BCUT2D eigenvalue weighted by atomic mass is 32.2. The highest BCUT2D eigenvalue weighted by Gasteiger charge is 2.31. The number of halogens is 4. The van der Waals surface area contributed by atoms with Crippen LogP contribution in [0, 0.1) is 5.82 Å². The molecule has 0 spiro atoms.